The molecule has 2 amide bonds. The number of rotatable bonds is 4. The summed E-state index contributed by atoms with van der Waals surface area (Å²) in [5, 5.41) is 2.72. The van der Waals surface area contributed by atoms with Crippen molar-refractivity contribution in [2.24, 2.45) is 0 Å². The van der Waals surface area contributed by atoms with Crippen LogP contribution in [0.1, 0.15) is 26.3 Å². The fourth-order valence-electron chi connectivity index (χ4n) is 2.52. The third-order valence-electron chi connectivity index (χ3n) is 3.85. The van der Waals surface area contributed by atoms with Crippen LogP contribution in [-0.4, -0.2) is 48.1 Å². The van der Waals surface area contributed by atoms with Crippen LogP contribution in [-0.2, 0) is 14.3 Å². The zero-order chi connectivity index (χ0) is 16.8. The summed E-state index contributed by atoms with van der Waals surface area (Å²) < 4.78 is 5.53. The number of carbonyl (C=O) groups excluding carboxylic acids is 2. The van der Waals surface area contributed by atoms with Gasteiger partial charge in [0.2, 0.25) is 11.8 Å². The molecule has 1 saturated heterocycles. The Morgan fingerprint density at radius 2 is 2.00 bits per heavy atom. The molecule has 1 N–H and O–H groups in total. The maximum absolute atomic E-state index is 12.5. The number of ether oxygens (including phenoxy) is 1. The lowest BCUT2D eigenvalue weighted by Gasteiger charge is -2.38. The van der Waals surface area contributed by atoms with E-state index in [1.165, 1.54) is 6.08 Å². The summed E-state index contributed by atoms with van der Waals surface area (Å²) in [5.74, 6) is -0.349. The summed E-state index contributed by atoms with van der Waals surface area (Å²) in [6.45, 7) is 6.69. The van der Waals surface area contributed by atoms with Gasteiger partial charge in [0.05, 0.1) is 18.8 Å². The quantitative estimate of drug-likeness (QED) is 0.862. The first-order valence-corrected chi connectivity index (χ1v) is 7.93. The topological polar surface area (TPSA) is 58.6 Å². The zero-order valence-corrected chi connectivity index (χ0v) is 13.9. The lowest BCUT2D eigenvalue weighted by molar-refractivity contribution is -0.146. The van der Waals surface area contributed by atoms with Gasteiger partial charge in [0.15, 0.2) is 0 Å². The van der Waals surface area contributed by atoms with Crippen LogP contribution < -0.4 is 5.32 Å². The minimum Gasteiger partial charge on any atom is -0.375 e. The molecule has 0 bridgehead atoms. The lowest BCUT2D eigenvalue weighted by Crippen LogP contribution is -2.55. The first kappa shape index (κ1) is 17.2. The van der Waals surface area contributed by atoms with Crippen molar-refractivity contribution in [1.29, 1.82) is 0 Å². The number of amides is 2. The molecule has 1 aromatic rings. The van der Waals surface area contributed by atoms with E-state index in [0.29, 0.717) is 13.2 Å². The monoisotopic (exact) mass is 316 g/mol. The van der Waals surface area contributed by atoms with Gasteiger partial charge in [-0.2, -0.15) is 0 Å². The number of hydrogen-bond acceptors (Lipinski definition) is 3. The second-order valence-corrected chi connectivity index (χ2v) is 5.96. The zero-order valence-electron chi connectivity index (χ0n) is 13.9. The molecule has 3 unspecified atom stereocenters. The highest BCUT2D eigenvalue weighted by atomic mass is 16.5. The summed E-state index contributed by atoms with van der Waals surface area (Å²) in [6, 6.07) is 9.02. The molecule has 23 heavy (non-hydrogen) atoms. The minimum atomic E-state index is -0.560. The molecule has 5 heteroatoms. The van der Waals surface area contributed by atoms with E-state index in [0.717, 1.165) is 5.56 Å². The third-order valence-corrected chi connectivity index (χ3v) is 3.85. The number of benzene rings is 1. The first-order valence-electron chi connectivity index (χ1n) is 7.93. The Balaban J connectivity index is 1.90. The molecule has 0 aliphatic carbocycles. The average molecular weight is 316 g/mol. The summed E-state index contributed by atoms with van der Waals surface area (Å²) >= 11 is 0. The Morgan fingerprint density at radius 3 is 2.70 bits per heavy atom. The minimum absolute atomic E-state index is 0.0241. The second kappa shape index (κ2) is 7.92. The highest BCUT2D eigenvalue weighted by Gasteiger charge is 2.30. The van der Waals surface area contributed by atoms with Crippen molar-refractivity contribution >= 4 is 17.9 Å². The molecule has 1 heterocycles. The number of nitrogens with zero attached hydrogens (tertiary/aromatic N) is 1. The summed E-state index contributed by atoms with van der Waals surface area (Å²) in [4.78, 5) is 26.2. The first-order chi connectivity index (χ1) is 11.0. The van der Waals surface area contributed by atoms with Crippen LogP contribution in [0.15, 0.2) is 36.4 Å². The van der Waals surface area contributed by atoms with Crippen molar-refractivity contribution in [1.82, 2.24) is 10.2 Å². The van der Waals surface area contributed by atoms with Crippen molar-refractivity contribution in [2.75, 3.05) is 13.2 Å². The molecule has 1 fully saturated rings. The molecule has 1 aliphatic heterocycles. The molecule has 0 saturated carbocycles. The second-order valence-electron chi connectivity index (χ2n) is 5.96. The predicted molar refractivity (Wildman–Crippen MR) is 89.7 cm³/mol. The van der Waals surface area contributed by atoms with E-state index in [1.54, 1.807) is 17.9 Å². The van der Waals surface area contributed by atoms with Crippen LogP contribution in [0, 0.1) is 0 Å². The molecule has 0 aromatic heterocycles. The van der Waals surface area contributed by atoms with Gasteiger partial charge < -0.3 is 15.0 Å². The highest BCUT2D eigenvalue weighted by molar-refractivity contribution is 5.95. The molecule has 124 valence electrons. The van der Waals surface area contributed by atoms with Gasteiger partial charge in [0, 0.05) is 12.6 Å². The summed E-state index contributed by atoms with van der Waals surface area (Å²) in [7, 11) is 0. The van der Waals surface area contributed by atoms with Crippen molar-refractivity contribution < 1.29 is 14.3 Å². The van der Waals surface area contributed by atoms with E-state index in [4.69, 9.17) is 4.74 Å². The molecule has 3 atom stereocenters. The summed E-state index contributed by atoms with van der Waals surface area (Å²) in [6.07, 6.45) is 3.20. The Kier molecular flexibility index (Phi) is 5.93. The fourth-order valence-corrected chi connectivity index (χ4v) is 2.52. The molecule has 1 aromatic carbocycles. The van der Waals surface area contributed by atoms with Crippen LogP contribution in [0.5, 0.6) is 0 Å². The Hall–Kier alpha value is -2.14. The molecular weight excluding hydrogens is 292 g/mol. The van der Waals surface area contributed by atoms with E-state index in [1.807, 2.05) is 44.2 Å². The number of morpholine rings is 1. The van der Waals surface area contributed by atoms with Gasteiger partial charge in [-0.3, -0.25) is 9.59 Å². The van der Waals surface area contributed by atoms with Gasteiger partial charge in [0.1, 0.15) is 6.04 Å². The maximum Gasteiger partial charge on any atom is 0.245 e. The number of nitrogens with one attached hydrogen (secondary N) is 1. The van der Waals surface area contributed by atoms with E-state index in [9.17, 15) is 9.59 Å². The highest BCUT2D eigenvalue weighted by Crippen LogP contribution is 2.12. The third kappa shape index (κ3) is 4.93. The van der Waals surface area contributed by atoms with Gasteiger partial charge >= 0.3 is 0 Å². The number of hydrogen-bond donors (Lipinski definition) is 1. The molecular formula is C18H24N2O3. The SMILES string of the molecule is CC1CN(C(=O)C(C)NC(=O)/C=C/c2ccccc2)C(C)CO1. The molecule has 0 radical (unpaired) electrons. The van der Waals surface area contributed by atoms with Gasteiger partial charge in [-0.15, -0.1) is 0 Å². The van der Waals surface area contributed by atoms with Crippen molar-refractivity contribution in [2.45, 2.75) is 39.0 Å². The Labute approximate surface area is 137 Å². The van der Waals surface area contributed by atoms with Crippen molar-refractivity contribution in [3.8, 4) is 0 Å². The van der Waals surface area contributed by atoms with Crippen LogP contribution in [0.2, 0.25) is 0 Å². The van der Waals surface area contributed by atoms with Gasteiger partial charge in [-0.1, -0.05) is 30.3 Å². The molecule has 5 nitrogen and oxygen atoms in total. The average Bonchev–Trinajstić information content (AvgIpc) is 2.55. The fraction of sp³-hybridized carbons (Fsp3) is 0.444. The van der Waals surface area contributed by atoms with E-state index in [2.05, 4.69) is 5.32 Å². The Morgan fingerprint density at radius 1 is 1.30 bits per heavy atom. The largest absolute Gasteiger partial charge is 0.375 e. The Bertz CT molecular complexity index is 571. The van der Waals surface area contributed by atoms with Gasteiger partial charge in [-0.05, 0) is 32.4 Å². The van der Waals surface area contributed by atoms with Gasteiger partial charge in [-0.25, -0.2) is 0 Å². The van der Waals surface area contributed by atoms with Gasteiger partial charge in [0.25, 0.3) is 0 Å². The molecule has 2 rings (SSSR count). The van der Waals surface area contributed by atoms with Crippen LogP contribution >= 0.6 is 0 Å². The summed E-state index contributed by atoms with van der Waals surface area (Å²) in [5.41, 5.74) is 0.942. The van der Waals surface area contributed by atoms with Crippen molar-refractivity contribution in [3.63, 3.8) is 0 Å². The molecule has 0 spiro atoms. The van der Waals surface area contributed by atoms with Crippen LogP contribution in [0.25, 0.3) is 6.08 Å². The standard InChI is InChI=1S/C18H24N2O3/c1-13-12-23-14(2)11-20(13)18(22)15(3)19-17(21)10-9-16-7-5-4-6-8-16/h4-10,13-15H,11-12H2,1-3H3,(H,19,21)/b10-9+. The lowest BCUT2D eigenvalue weighted by atomic mass is 10.1. The normalized spacial score (nSPS) is 22.8. The van der Waals surface area contributed by atoms with E-state index < -0.39 is 6.04 Å². The van der Waals surface area contributed by atoms with E-state index in [-0.39, 0.29) is 24.0 Å². The number of carbonyl (C=O) groups is 2. The van der Waals surface area contributed by atoms with Crippen LogP contribution in [0.4, 0.5) is 0 Å². The maximum atomic E-state index is 12.5. The van der Waals surface area contributed by atoms with Crippen LogP contribution in [0.3, 0.4) is 0 Å². The van der Waals surface area contributed by atoms with Crippen molar-refractivity contribution in [3.05, 3.63) is 42.0 Å². The van der Waals surface area contributed by atoms with E-state index >= 15 is 0 Å². The predicted octanol–water partition coefficient (Wildman–Crippen LogP) is 1.84. The molecule has 1 aliphatic rings. The smallest absolute Gasteiger partial charge is 0.245 e.